The van der Waals surface area contributed by atoms with Gasteiger partial charge in [0.1, 0.15) is 24.2 Å². The van der Waals surface area contributed by atoms with Crippen molar-refractivity contribution in [3.63, 3.8) is 0 Å². The summed E-state index contributed by atoms with van der Waals surface area (Å²) in [7, 11) is 0. The molecule has 0 amide bonds. The summed E-state index contributed by atoms with van der Waals surface area (Å²) in [6.07, 6.45) is 6.65. The first kappa shape index (κ1) is 30.8. The van der Waals surface area contributed by atoms with Gasteiger partial charge in [-0.3, -0.25) is 0 Å². The largest absolute Gasteiger partial charge is 0.494 e. The van der Waals surface area contributed by atoms with Crippen LogP contribution in [-0.4, -0.2) is 42.8 Å². The van der Waals surface area contributed by atoms with Gasteiger partial charge in [-0.1, -0.05) is 49.0 Å². The second kappa shape index (κ2) is 17.1. The Kier molecular flexibility index (Phi) is 12.9. The van der Waals surface area contributed by atoms with Crippen molar-refractivity contribution in [1.82, 2.24) is 0 Å². The molecule has 214 valence electrons. The molecule has 3 aromatic carbocycles. The third kappa shape index (κ3) is 11.5. The number of benzene rings is 3. The number of carbonyl (C=O) groups is 3. The Morgan fingerprint density at radius 2 is 1.41 bits per heavy atom. The van der Waals surface area contributed by atoms with E-state index in [0.29, 0.717) is 41.4 Å². The molecular formula is C33H34O8. The molecule has 41 heavy (non-hydrogen) atoms. The molecular weight excluding hydrogens is 524 g/mol. The molecule has 0 aliphatic heterocycles. The van der Waals surface area contributed by atoms with Gasteiger partial charge >= 0.3 is 17.9 Å². The van der Waals surface area contributed by atoms with Crippen LogP contribution in [0.15, 0.2) is 97.6 Å². The van der Waals surface area contributed by atoms with Gasteiger partial charge in [-0.05, 0) is 79.3 Å². The second-order valence-corrected chi connectivity index (χ2v) is 9.01. The van der Waals surface area contributed by atoms with Crippen LogP contribution in [0.1, 0.15) is 53.3 Å². The van der Waals surface area contributed by atoms with Crippen molar-refractivity contribution in [2.75, 3.05) is 19.8 Å². The predicted molar refractivity (Wildman–Crippen MR) is 154 cm³/mol. The standard InChI is InChI=1S/C33H34O8/c1-2-31(35)39-23-9-4-3-8-22-38-28-19-15-27(16-20-28)33(37)41-29-17-12-25(13-18-29)14-21-32(36)40-24-30(34)26-10-6-5-7-11-26/h2,5-7,10-21,30,34H,1,3-4,8-9,22-24H2. The molecule has 0 aliphatic rings. The van der Waals surface area contributed by atoms with Gasteiger partial charge in [0.15, 0.2) is 0 Å². The van der Waals surface area contributed by atoms with Crippen LogP contribution in [0, 0.1) is 0 Å². The first-order valence-corrected chi connectivity index (χ1v) is 13.4. The predicted octanol–water partition coefficient (Wildman–Crippen LogP) is 5.86. The van der Waals surface area contributed by atoms with Crippen LogP contribution in [0.4, 0.5) is 0 Å². The van der Waals surface area contributed by atoms with E-state index >= 15 is 0 Å². The van der Waals surface area contributed by atoms with Gasteiger partial charge < -0.3 is 24.1 Å². The molecule has 1 unspecified atom stereocenters. The number of aliphatic hydroxyl groups is 1. The van der Waals surface area contributed by atoms with Gasteiger partial charge in [-0.25, -0.2) is 14.4 Å². The van der Waals surface area contributed by atoms with Crippen molar-refractivity contribution in [2.45, 2.75) is 31.8 Å². The average Bonchev–Trinajstić information content (AvgIpc) is 3.01. The molecule has 0 aromatic heterocycles. The molecule has 1 N–H and O–H groups in total. The lowest BCUT2D eigenvalue weighted by Gasteiger charge is -2.10. The van der Waals surface area contributed by atoms with Crippen LogP contribution in [0.2, 0.25) is 0 Å². The topological polar surface area (TPSA) is 108 Å². The molecule has 0 spiro atoms. The van der Waals surface area contributed by atoms with Crippen molar-refractivity contribution >= 4 is 24.0 Å². The molecule has 3 rings (SSSR count). The Hall–Kier alpha value is -4.69. The van der Waals surface area contributed by atoms with Gasteiger partial charge in [0, 0.05) is 12.2 Å². The van der Waals surface area contributed by atoms with Crippen LogP contribution in [0.5, 0.6) is 11.5 Å². The first-order chi connectivity index (χ1) is 19.9. The first-order valence-electron chi connectivity index (χ1n) is 13.4. The Morgan fingerprint density at radius 1 is 0.756 bits per heavy atom. The Balaban J connectivity index is 1.35. The summed E-state index contributed by atoms with van der Waals surface area (Å²) < 4.78 is 21.2. The van der Waals surface area contributed by atoms with Gasteiger partial charge in [0.05, 0.1) is 18.8 Å². The smallest absolute Gasteiger partial charge is 0.343 e. The lowest BCUT2D eigenvalue weighted by Crippen LogP contribution is -2.10. The number of hydrogen-bond acceptors (Lipinski definition) is 8. The highest BCUT2D eigenvalue weighted by molar-refractivity contribution is 5.91. The third-order valence-corrected chi connectivity index (χ3v) is 5.88. The number of ether oxygens (including phenoxy) is 4. The van der Waals surface area contributed by atoms with Crippen LogP contribution in [-0.2, 0) is 19.1 Å². The number of aliphatic hydroxyl groups excluding tert-OH is 1. The fourth-order valence-electron chi connectivity index (χ4n) is 3.62. The van der Waals surface area contributed by atoms with Crippen molar-refractivity contribution < 1.29 is 38.4 Å². The Labute approximate surface area is 239 Å². The minimum Gasteiger partial charge on any atom is -0.494 e. The monoisotopic (exact) mass is 558 g/mol. The van der Waals surface area contributed by atoms with Crippen molar-refractivity contribution in [1.29, 1.82) is 0 Å². The van der Waals surface area contributed by atoms with E-state index in [9.17, 15) is 19.5 Å². The minimum absolute atomic E-state index is 0.146. The molecule has 0 saturated carbocycles. The molecule has 1 atom stereocenters. The fraction of sp³-hybridized carbons (Fsp3) is 0.242. The molecule has 0 heterocycles. The van der Waals surface area contributed by atoms with E-state index in [2.05, 4.69) is 6.58 Å². The van der Waals surface area contributed by atoms with Gasteiger partial charge in [0.2, 0.25) is 0 Å². The molecule has 0 saturated heterocycles. The summed E-state index contributed by atoms with van der Waals surface area (Å²) in [5.74, 6) is -0.462. The molecule has 0 fully saturated rings. The Bertz CT molecular complexity index is 1280. The van der Waals surface area contributed by atoms with E-state index in [1.165, 1.54) is 6.08 Å². The zero-order valence-electron chi connectivity index (χ0n) is 22.8. The van der Waals surface area contributed by atoms with Crippen molar-refractivity contribution in [2.24, 2.45) is 0 Å². The molecule has 8 nitrogen and oxygen atoms in total. The number of esters is 3. The summed E-state index contributed by atoms with van der Waals surface area (Å²) in [6, 6.07) is 22.3. The maximum absolute atomic E-state index is 12.5. The highest BCUT2D eigenvalue weighted by Crippen LogP contribution is 2.18. The van der Waals surface area contributed by atoms with Gasteiger partial charge in [-0.2, -0.15) is 0 Å². The van der Waals surface area contributed by atoms with E-state index in [0.717, 1.165) is 31.8 Å². The quantitative estimate of drug-likeness (QED) is 0.101. The molecule has 0 radical (unpaired) electrons. The number of unbranched alkanes of at least 4 members (excludes halogenated alkanes) is 3. The van der Waals surface area contributed by atoms with Crippen molar-refractivity contribution in [3.05, 3.63) is 114 Å². The lowest BCUT2D eigenvalue weighted by atomic mass is 10.1. The number of rotatable bonds is 16. The fourth-order valence-corrected chi connectivity index (χ4v) is 3.62. The van der Waals surface area contributed by atoms with Crippen LogP contribution in [0.3, 0.4) is 0 Å². The van der Waals surface area contributed by atoms with E-state index in [1.807, 2.05) is 6.07 Å². The normalized spacial score (nSPS) is 11.4. The van der Waals surface area contributed by atoms with Crippen LogP contribution < -0.4 is 9.47 Å². The summed E-state index contributed by atoms with van der Waals surface area (Å²) in [5, 5.41) is 10.1. The van der Waals surface area contributed by atoms with E-state index in [-0.39, 0.29) is 6.61 Å². The minimum atomic E-state index is -0.893. The van der Waals surface area contributed by atoms with Gasteiger partial charge in [-0.15, -0.1) is 0 Å². The van der Waals surface area contributed by atoms with Crippen molar-refractivity contribution in [3.8, 4) is 11.5 Å². The second-order valence-electron chi connectivity index (χ2n) is 9.01. The van der Waals surface area contributed by atoms with E-state index in [4.69, 9.17) is 18.9 Å². The Morgan fingerprint density at radius 3 is 2.10 bits per heavy atom. The molecule has 0 aliphatic carbocycles. The van der Waals surface area contributed by atoms with Crippen LogP contribution in [0.25, 0.3) is 6.08 Å². The highest BCUT2D eigenvalue weighted by Gasteiger charge is 2.10. The van der Waals surface area contributed by atoms with E-state index < -0.39 is 24.0 Å². The summed E-state index contributed by atoms with van der Waals surface area (Å²) in [5.41, 5.74) is 1.77. The van der Waals surface area contributed by atoms with E-state index in [1.54, 1.807) is 78.9 Å². The van der Waals surface area contributed by atoms with Crippen LogP contribution >= 0.6 is 0 Å². The summed E-state index contributed by atoms with van der Waals surface area (Å²) >= 11 is 0. The molecule has 0 bridgehead atoms. The number of carbonyl (C=O) groups excluding carboxylic acids is 3. The summed E-state index contributed by atoms with van der Waals surface area (Å²) in [6.45, 7) is 4.15. The maximum atomic E-state index is 12.5. The molecule has 8 heteroatoms. The molecule has 3 aromatic rings. The zero-order chi connectivity index (χ0) is 29.3. The van der Waals surface area contributed by atoms with Gasteiger partial charge in [0.25, 0.3) is 0 Å². The zero-order valence-corrected chi connectivity index (χ0v) is 22.8. The lowest BCUT2D eigenvalue weighted by molar-refractivity contribution is -0.140. The average molecular weight is 559 g/mol. The highest BCUT2D eigenvalue weighted by atomic mass is 16.5. The third-order valence-electron chi connectivity index (χ3n) is 5.88. The SMILES string of the molecule is C=CC(=O)OCCCCCCOc1ccc(C(=O)Oc2ccc(C=CC(=O)OCC(O)c3ccccc3)cc2)cc1. The number of hydrogen-bond donors (Lipinski definition) is 1. The maximum Gasteiger partial charge on any atom is 0.343 e. The summed E-state index contributed by atoms with van der Waals surface area (Å²) in [4.78, 5) is 35.5.